The van der Waals surface area contributed by atoms with E-state index in [0.717, 1.165) is 5.56 Å². The number of amides is 2. The number of carbonyl (C=O) groups is 2. The number of nitrogens with two attached hydrogens (primary N) is 1. The van der Waals surface area contributed by atoms with Crippen LogP contribution in [0, 0.1) is 6.92 Å². The first kappa shape index (κ1) is 19.1. The Labute approximate surface area is 158 Å². The highest BCUT2D eigenvalue weighted by molar-refractivity contribution is 7.89. The van der Waals surface area contributed by atoms with Crippen LogP contribution >= 0.6 is 0 Å². The maximum atomic E-state index is 12.9. The summed E-state index contributed by atoms with van der Waals surface area (Å²) in [5.41, 5.74) is 6.97. The summed E-state index contributed by atoms with van der Waals surface area (Å²) in [5, 5.41) is 2.72. The summed E-state index contributed by atoms with van der Waals surface area (Å²) >= 11 is 0. The van der Waals surface area contributed by atoms with E-state index in [9.17, 15) is 18.0 Å². The van der Waals surface area contributed by atoms with Crippen LogP contribution in [0.4, 0.5) is 5.69 Å². The monoisotopic (exact) mass is 387 g/mol. The summed E-state index contributed by atoms with van der Waals surface area (Å²) in [4.78, 5) is 24.0. The lowest BCUT2D eigenvalue weighted by molar-refractivity contribution is -0.119. The van der Waals surface area contributed by atoms with Gasteiger partial charge in [0.1, 0.15) is 6.04 Å². The highest BCUT2D eigenvalue weighted by Crippen LogP contribution is 2.27. The molecule has 1 atom stereocenters. The minimum atomic E-state index is -3.75. The summed E-state index contributed by atoms with van der Waals surface area (Å²) in [6, 6.07) is 11.9. The number of hydrogen-bond donors (Lipinski definition) is 2. The number of aryl methyl sites for hydroxylation is 1. The molecule has 3 N–H and O–H groups in total. The van der Waals surface area contributed by atoms with Crippen LogP contribution in [0.2, 0.25) is 0 Å². The van der Waals surface area contributed by atoms with Crippen LogP contribution < -0.4 is 11.1 Å². The molecule has 3 rings (SSSR count). The second-order valence-corrected chi connectivity index (χ2v) is 8.41. The number of nitrogens with one attached hydrogen (secondary N) is 1. The van der Waals surface area contributed by atoms with Crippen molar-refractivity contribution in [3.8, 4) is 0 Å². The topological polar surface area (TPSA) is 110 Å². The molecule has 2 aromatic rings. The first-order chi connectivity index (χ1) is 12.8. The van der Waals surface area contributed by atoms with E-state index in [-0.39, 0.29) is 4.90 Å². The molecular weight excluding hydrogens is 366 g/mol. The van der Waals surface area contributed by atoms with Crippen molar-refractivity contribution < 1.29 is 18.0 Å². The first-order valence-corrected chi connectivity index (χ1v) is 10.0. The fourth-order valence-corrected chi connectivity index (χ4v) is 4.74. The molecule has 1 aliphatic rings. The largest absolute Gasteiger partial charge is 0.366 e. The summed E-state index contributed by atoms with van der Waals surface area (Å²) in [7, 11) is -3.75. The standard InChI is InChI=1S/C19H21N3O4S/c1-13-4-10-16(11-5-13)27(25,26)22-12-2-3-17(22)19(24)21-15-8-6-14(7-9-15)18(20)23/h4-11,17H,2-3,12H2,1H3,(H2,20,23)(H,21,24)/t17-/m0/s1. The highest BCUT2D eigenvalue weighted by Gasteiger charge is 2.39. The van der Waals surface area contributed by atoms with E-state index in [1.54, 1.807) is 36.4 Å². The molecule has 0 aliphatic carbocycles. The molecule has 0 unspecified atom stereocenters. The third-order valence-electron chi connectivity index (χ3n) is 4.57. The molecule has 0 radical (unpaired) electrons. The van der Waals surface area contributed by atoms with Crippen LogP contribution in [-0.2, 0) is 14.8 Å². The van der Waals surface area contributed by atoms with Crippen molar-refractivity contribution in [2.45, 2.75) is 30.7 Å². The van der Waals surface area contributed by atoms with E-state index in [0.29, 0.717) is 30.6 Å². The van der Waals surface area contributed by atoms with Crippen LogP contribution in [0.15, 0.2) is 53.4 Å². The van der Waals surface area contributed by atoms with Crippen molar-refractivity contribution >= 4 is 27.5 Å². The Bertz CT molecular complexity index is 953. The van der Waals surface area contributed by atoms with E-state index < -0.39 is 27.9 Å². The van der Waals surface area contributed by atoms with E-state index >= 15 is 0 Å². The van der Waals surface area contributed by atoms with Gasteiger partial charge in [-0.3, -0.25) is 9.59 Å². The van der Waals surface area contributed by atoms with Gasteiger partial charge in [0, 0.05) is 17.8 Å². The van der Waals surface area contributed by atoms with Crippen molar-refractivity contribution in [1.82, 2.24) is 4.31 Å². The summed E-state index contributed by atoms with van der Waals surface area (Å²) in [6.07, 6.45) is 1.07. The number of carbonyl (C=O) groups excluding carboxylic acids is 2. The number of sulfonamides is 1. The van der Waals surface area contributed by atoms with Gasteiger partial charge in [-0.2, -0.15) is 4.31 Å². The maximum absolute atomic E-state index is 12.9. The summed E-state index contributed by atoms with van der Waals surface area (Å²) in [5.74, 6) is -0.950. The minimum Gasteiger partial charge on any atom is -0.366 e. The molecular formula is C19H21N3O4S. The summed E-state index contributed by atoms with van der Waals surface area (Å²) < 4.78 is 27.1. The van der Waals surface area contributed by atoms with E-state index in [2.05, 4.69) is 5.32 Å². The molecule has 0 bridgehead atoms. The Kier molecular flexibility index (Phi) is 5.29. The fraction of sp³-hybridized carbons (Fsp3) is 0.263. The van der Waals surface area contributed by atoms with Gasteiger partial charge in [-0.25, -0.2) is 8.42 Å². The number of anilines is 1. The van der Waals surface area contributed by atoms with Crippen molar-refractivity contribution in [3.63, 3.8) is 0 Å². The van der Waals surface area contributed by atoms with Gasteiger partial charge in [0.05, 0.1) is 4.90 Å². The second-order valence-electron chi connectivity index (χ2n) is 6.52. The molecule has 2 amide bonds. The SMILES string of the molecule is Cc1ccc(S(=O)(=O)N2CCC[C@H]2C(=O)Nc2ccc(C(N)=O)cc2)cc1. The van der Waals surface area contributed by atoms with Gasteiger partial charge in [-0.15, -0.1) is 0 Å². The molecule has 1 fully saturated rings. The van der Waals surface area contributed by atoms with E-state index in [1.165, 1.54) is 16.4 Å². The van der Waals surface area contributed by atoms with Gasteiger partial charge >= 0.3 is 0 Å². The molecule has 0 spiro atoms. The number of nitrogens with zero attached hydrogens (tertiary/aromatic N) is 1. The number of benzene rings is 2. The smallest absolute Gasteiger partial charge is 0.248 e. The molecule has 0 aromatic heterocycles. The normalized spacial score (nSPS) is 17.6. The Morgan fingerprint density at radius 2 is 1.70 bits per heavy atom. The maximum Gasteiger partial charge on any atom is 0.248 e. The third kappa shape index (κ3) is 4.01. The molecule has 1 heterocycles. The first-order valence-electron chi connectivity index (χ1n) is 8.58. The summed E-state index contributed by atoms with van der Waals surface area (Å²) in [6.45, 7) is 2.18. The number of hydrogen-bond acceptors (Lipinski definition) is 4. The van der Waals surface area contributed by atoms with Gasteiger partial charge in [0.25, 0.3) is 0 Å². The fourth-order valence-electron chi connectivity index (χ4n) is 3.08. The van der Waals surface area contributed by atoms with E-state index in [1.807, 2.05) is 6.92 Å². The number of rotatable bonds is 5. The van der Waals surface area contributed by atoms with Gasteiger partial charge in [0.15, 0.2) is 0 Å². The molecule has 1 aliphatic heterocycles. The third-order valence-corrected chi connectivity index (χ3v) is 6.49. The Morgan fingerprint density at radius 3 is 2.30 bits per heavy atom. The van der Waals surface area contributed by atoms with Crippen LogP contribution in [0.25, 0.3) is 0 Å². The zero-order valence-electron chi connectivity index (χ0n) is 14.9. The Balaban J connectivity index is 1.78. The van der Waals surface area contributed by atoms with E-state index in [4.69, 9.17) is 5.73 Å². The zero-order chi connectivity index (χ0) is 19.6. The predicted octanol–water partition coefficient (Wildman–Crippen LogP) is 1.89. The molecule has 0 saturated carbocycles. The van der Waals surface area contributed by atoms with Crippen LogP contribution in [0.1, 0.15) is 28.8 Å². The molecule has 142 valence electrons. The van der Waals surface area contributed by atoms with Gasteiger partial charge in [-0.1, -0.05) is 17.7 Å². The van der Waals surface area contributed by atoms with Crippen LogP contribution in [0.3, 0.4) is 0 Å². The van der Waals surface area contributed by atoms with Crippen molar-refractivity contribution in [1.29, 1.82) is 0 Å². The Hall–Kier alpha value is -2.71. The van der Waals surface area contributed by atoms with Gasteiger partial charge in [0.2, 0.25) is 21.8 Å². The lowest BCUT2D eigenvalue weighted by Gasteiger charge is -2.23. The molecule has 27 heavy (non-hydrogen) atoms. The lowest BCUT2D eigenvalue weighted by Crippen LogP contribution is -2.43. The van der Waals surface area contributed by atoms with Gasteiger partial charge < -0.3 is 11.1 Å². The average molecular weight is 387 g/mol. The Morgan fingerprint density at radius 1 is 1.07 bits per heavy atom. The molecule has 1 saturated heterocycles. The predicted molar refractivity (Wildman–Crippen MR) is 102 cm³/mol. The average Bonchev–Trinajstić information content (AvgIpc) is 3.13. The number of primary amides is 1. The molecule has 7 nitrogen and oxygen atoms in total. The zero-order valence-corrected chi connectivity index (χ0v) is 15.7. The van der Waals surface area contributed by atoms with Crippen molar-refractivity contribution in [2.75, 3.05) is 11.9 Å². The quantitative estimate of drug-likeness (QED) is 0.816. The van der Waals surface area contributed by atoms with Crippen molar-refractivity contribution in [3.05, 3.63) is 59.7 Å². The molecule has 2 aromatic carbocycles. The minimum absolute atomic E-state index is 0.179. The van der Waals surface area contributed by atoms with Crippen molar-refractivity contribution in [2.24, 2.45) is 5.73 Å². The lowest BCUT2D eigenvalue weighted by atomic mass is 10.2. The highest BCUT2D eigenvalue weighted by atomic mass is 32.2. The van der Waals surface area contributed by atoms with Crippen LogP contribution in [0.5, 0.6) is 0 Å². The second kappa shape index (κ2) is 7.50. The molecule has 8 heteroatoms. The van der Waals surface area contributed by atoms with Gasteiger partial charge in [-0.05, 0) is 56.2 Å². The van der Waals surface area contributed by atoms with Crippen LogP contribution in [-0.4, -0.2) is 37.1 Å².